The molecule has 2 rings (SSSR count). The summed E-state index contributed by atoms with van der Waals surface area (Å²) in [5, 5.41) is 0.803. The van der Waals surface area contributed by atoms with Crippen LogP contribution in [0.5, 0.6) is 0 Å². The maximum absolute atomic E-state index is 10.8. The number of carbonyl (C=O) groups is 2. The predicted molar refractivity (Wildman–Crippen MR) is 58.7 cm³/mol. The standard InChI is InChI=1S/C9H6N2O2S2/c1-5-11-7(3-13)9(15-5)8-6(2-12)10-4-14-8/h2-4H,1H3. The minimum absolute atomic E-state index is 0.367. The number of hydrogen-bond acceptors (Lipinski definition) is 6. The number of aryl methyl sites for hydroxylation is 1. The van der Waals surface area contributed by atoms with Gasteiger partial charge in [0.15, 0.2) is 12.6 Å². The topological polar surface area (TPSA) is 59.9 Å². The Balaban J connectivity index is 2.62. The van der Waals surface area contributed by atoms with Crippen LogP contribution in [0.3, 0.4) is 0 Å². The Morgan fingerprint density at radius 3 is 2.60 bits per heavy atom. The number of aldehydes is 2. The van der Waals surface area contributed by atoms with Gasteiger partial charge in [0.2, 0.25) is 0 Å². The van der Waals surface area contributed by atoms with Crippen LogP contribution in [0.4, 0.5) is 0 Å². The average molecular weight is 238 g/mol. The zero-order chi connectivity index (χ0) is 10.8. The van der Waals surface area contributed by atoms with Crippen molar-refractivity contribution < 1.29 is 9.59 Å². The van der Waals surface area contributed by atoms with E-state index in [0.717, 1.165) is 14.8 Å². The van der Waals surface area contributed by atoms with E-state index in [1.165, 1.54) is 22.7 Å². The fourth-order valence-electron chi connectivity index (χ4n) is 1.19. The second-order valence-electron chi connectivity index (χ2n) is 2.75. The van der Waals surface area contributed by atoms with Crippen molar-refractivity contribution in [3.05, 3.63) is 21.9 Å². The van der Waals surface area contributed by atoms with Crippen LogP contribution in [0.25, 0.3) is 9.75 Å². The van der Waals surface area contributed by atoms with E-state index in [4.69, 9.17) is 0 Å². The first-order chi connectivity index (χ1) is 7.26. The molecule has 0 aliphatic heterocycles. The lowest BCUT2D eigenvalue weighted by molar-refractivity contribution is 0.111. The maximum Gasteiger partial charge on any atom is 0.169 e. The van der Waals surface area contributed by atoms with Crippen molar-refractivity contribution in [2.45, 2.75) is 6.92 Å². The quantitative estimate of drug-likeness (QED) is 0.769. The Morgan fingerprint density at radius 1 is 1.20 bits per heavy atom. The summed E-state index contributed by atoms with van der Waals surface area (Å²) in [6.07, 6.45) is 1.39. The highest BCUT2D eigenvalue weighted by atomic mass is 32.1. The first-order valence-corrected chi connectivity index (χ1v) is 5.77. The summed E-state index contributed by atoms with van der Waals surface area (Å²) in [5.41, 5.74) is 2.33. The fourth-order valence-corrected chi connectivity index (χ4v) is 3.00. The van der Waals surface area contributed by atoms with Crippen LogP contribution in [-0.2, 0) is 0 Å². The lowest BCUT2D eigenvalue weighted by Crippen LogP contribution is -1.86. The molecular weight excluding hydrogens is 232 g/mol. The van der Waals surface area contributed by atoms with Gasteiger partial charge in [-0.1, -0.05) is 0 Å². The molecule has 0 spiro atoms. The van der Waals surface area contributed by atoms with Gasteiger partial charge in [-0.05, 0) is 6.92 Å². The molecule has 0 aliphatic rings. The number of nitrogens with zero attached hydrogens (tertiary/aromatic N) is 2. The molecule has 15 heavy (non-hydrogen) atoms. The molecule has 0 aromatic carbocycles. The first-order valence-electron chi connectivity index (χ1n) is 4.08. The Labute approximate surface area is 93.6 Å². The minimum atomic E-state index is 0.367. The van der Waals surface area contributed by atoms with E-state index in [2.05, 4.69) is 9.97 Å². The fraction of sp³-hybridized carbons (Fsp3) is 0.111. The molecule has 0 atom stereocenters. The molecule has 2 aromatic heterocycles. The van der Waals surface area contributed by atoms with Gasteiger partial charge in [0.05, 0.1) is 20.3 Å². The molecule has 76 valence electrons. The van der Waals surface area contributed by atoms with Crippen LogP contribution in [0.1, 0.15) is 26.0 Å². The molecule has 0 N–H and O–H groups in total. The van der Waals surface area contributed by atoms with E-state index >= 15 is 0 Å². The lowest BCUT2D eigenvalue weighted by Gasteiger charge is -1.92. The zero-order valence-corrected chi connectivity index (χ0v) is 9.39. The highest BCUT2D eigenvalue weighted by Gasteiger charge is 2.15. The van der Waals surface area contributed by atoms with Gasteiger partial charge in [-0.3, -0.25) is 9.59 Å². The third-order valence-corrected chi connectivity index (χ3v) is 3.78. The van der Waals surface area contributed by atoms with Crippen LogP contribution < -0.4 is 0 Å². The smallest absolute Gasteiger partial charge is 0.169 e. The molecule has 0 saturated heterocycles. The van der Waals surface area contributed by atoms with Gasteiger partial charge in [-0.25, -0.2) is 9.97 Å². The zero-order valence-electron chi connectivity index (χ0n) is 7.76. The first kappa shape index (κ1) is 10.1. The lowest BCUT2D eigenvalue weighted by atomic mass is 10.3. The number of aromatic nitrogens is 2. The number of rotatable bonds is 3. The largest absolute Gasteiger partial charge is 0.296 e. The van der Waals surface area contributed by atoms with Crippen molar-refractivity contribution in [3.63, 3.8) is 0 Å². The van der Waals surface area contributed by atoms with E-state index < -0.39 is 0 Å². The molecular formula is C9H6N2O2S2. The van der Waals surface area contributed by atoms with Crippen molar-refractivity contribution in [1.82, 2.24) is 9.97 Å². The van der Waals surface area contributed by atoms with Crippen LogP contribution in [0.15, 0.2) is 5.51 Å². The second-order valence-corrected chi connectivity index (χ2v) is 4.81. The molecule has 2 aromatic rings. The van der Waals surface area contributed by atoms with E-state index in [9.17, 15) is 9.59 Å². The van der Waals surface area contributed by atoms with E-state index in [0.29, 0.717) is 24.0 Å². The Bertz CT molecular complexity index is 516. The third kappa shape index (κ3) is 1.73. The summed E-state index contributed by atoms with van der Waals surface area (Å²) in [4.78, 5) is 30.9. The van der Waals surface area contributed by atoms with Gasteiger partial charge < -0.3 is 0 Å². The molecule has 6 heteroatoms. The molecule has 0 amide bonds. The summed E-state index contributed by atoms with van der Waals surface area (Å²) in [5.74, 6) is 0. The molecule has 0 unspecified atom stereocenters. The third-order valence-electron chi connectivity index (χ3n) is 1.78. The van der Waals surface area contributed by atoms with Crippen molar-refractivity contribution in [2.75, 3.05) is 0 Å². The molecule has 4 nitrogen and oxygen atoms in total. The summed E-state index contributed by atoms with van der Waals surface area (Å²) in [7, 11) is 0. The Morgan fingerprint density at radius 2 is 1.93 bits per heavy atom. The van der Waals surface area contributed by atoms with Gasteiger partial charge in [0.1, 0.15) is 11.4 Å². The SMILES string of the molecule is Cc1nc(C=O)c(-c2scnc2C=O)s1. The van der Waals surface area contributed by atoms with Crippen LogP contribution in [0, 0.1) is 6.92 Å². The van der Waals surface area contributed by atoms with Crippen molar-refractivity contribution >= 4 is 35.2 Å². The monoisotopic (exact) mass is 238 g/mol. The molecule has 0 fully saturated rings. The van der Waals surface area contributed by atoms with Crippen LogP contribution >= 0.6 is 22.7 Å². The second kappa shape index (κ2) is 4.00. The van der Waals surface area contributed by atoms with Crippen LogP contribution in [0.2, 0.25) is 0 Å². The molecule has 0 saturated carbocycles. The Hall–Kier alpha value is -1.40. The molecule has 0 bridgehead atoms. The van der Waals surface area contributed by atoms with Gasteiger partial charge in [-0.15, -0.1) is 22.7 Å². The van der Waals surface area contributed by atoms with Crippen molar-refractivity contribution in [2.24, 2.45) is 0 Å². The average Bonchev–Trinajstić information content (AvgIpc) is 2.82. The van der Waals surface area contributed by atoms with Crippen molar-refractivity contribution in [1.29, 1.82) is 0 Å². The van der Waals surface area contributed by atoms with Crippen LogP contribution in [-0.4, -0.2) is 22.5 Å². The maximum atomic E-state index is 10.8. The van der Waals surface area contributed by atoms with E-state index in [-0.39, 0.29) is 0 Å². The van der Waals surface area contributed by atoms with Gasteiger partial charge in [0, 0.05) is 0 Å². The van der Waals surface area contributed by atoms with Gasteiger partial charge in [-0.2, -0.15) is 0 Å². The minimum Gasteiger partial charge on any atom is -0.296 e. The van der Waals surface area contributed by atoms with Gasteiger partial charge >= 0.3 is 0 Å². The predicted octanol–water partition coefficient (Wildman–Crippen LogP) is 2.20. The highest BCUT2D eigenvalue weighted by Crippen LogP contribution is 2.33. The summed E-state index contributed by atoms with van der Waals surface area (Å²) in [6.45, 7) is 1.82. The van der Waals surface area contributed by atoms with E-state index in [1.54, 1.807) is 5.51 Å². The highest BCUT2D eigenvalue weighted by molar-refractivity contribution is 7.21. The molecule has 0 radical (unpaired) electrons. The van der Waals surface area contributed by atoms with E-state index in [1.807, 2.05) is 6.92 Å². The Kier molecular flexibility index (Phi) is 2.70. The van der Waals surface area contributed by atoms with Gasteiger partial charge in [0.25, 0.3) is 0 Å². The summed E-state index contributed by atoms with van der Waals surface area (Å²) >= 11 is 2.73. The number of thiazole rings is 2. The number of hydrogen-bond donors (Lipinski definition) is 0. The summed E-state index contributed by atoms with van der Waals surface area (Å²) < 4.78 is 0. The normalized spacial score (nSPS) is 10.2. The molecule has 0 aliphatic carbocycles. The number of carbonyl (C=O) groups excluding carboxylic acids is 2. The van der Waals surface area contributed by atoms with Crippen molar-refractivity contribution in [3.8, 4) is 9.75 Å². The molecule has 2 heterocycles. The summed E-state index contributed by atoms with van der Waals surface area (Å²) in [6, 6.07) is 0.